The number of anilines is 2. The molecule has 0 fully saturated rings. The number of amides is 2. The van der Waals surface area contributed by atoms with Gasteiger partial charge in [-0.1, -0.05) is 24.3 Å². The second-order valence-corrected chi connectivity index (χ2v) is 6.76. The topological polar surface area (TPSA) is 89.8 Å². The summed E-state index contributed by atoms with van der Waals surface area (Å²) in [6, 6.07) is 17.3. The molecule has 0 unspecified atom stereocenters. The van der Waals surface area contributed by atoms with Crippen molar-refractivity contribution in [1.29, 1.82) is 0 Å². The van der Waals surface area contributed by atoms with Crippen molar-refractivity contribution >= 4 is 34.2 Å². The second-order valence-electron chi connectivity index (χ2n) is 6.76. The monoisotopic (exact) mass is 434 g/mol. The molecule has 0 aliphatic rings. The number of hydrogen-bond acceptors (Lipinski definition) is 5. The molecule has 0 saturated heterocycles. The molecule has 0 radical (unpaired) electrons. The Morgan fingerprint density at radius 1 is 0.844 bits per heavy atom. The van der Waals surface area contributed by atoms with Crippen LogP contribution in [0.2, 0.25) is 0 Å². The summed E-state index contributed by atoms with van der Waals surface area (Å²) in [6.45, 7) is 0. The normalized spacial score (nSPS) is 10.6. The Kier molecular flexibility index (Phi) is 5.76. The second kappa shape index (κ2) is 8.81. The van der Waals surface area contributed by atoms with Crippen molar-refractivity contribution in [2.75, 3.05) is 24.9 Å². The number of nitrogens with one attached hydrogen (secondary N) is 2. The molecule has 2 amide bonds. The van der Waals surface area contributed by atoms with Crippen LogP contribution < -0.4 is 20.1 Å². The van der Waals surface area contributed by atoms with Crippen LogP contribution >= 0.6 is 0 Å². The Balaban J connectivity index is 1.70. The number of furan rings is 1. The maximum atomic E-state index is 14.0. The molecule has 0 atom stereocenters. The Hall–Kier alpha value is -4.33. The first-order valence-corrected chi connectivity index (χ1v) is 9.62. The highest BCUT2D eigenvalue weighted by Gasteiger charge is 2.24. The molecule has 2 N–H and O–H groups in total. The van der Waals surface area contributed by atoms with Gasteiger partial charge in [0.1, 0.15) is 17.1 Å². The zero-order valence-corrected chi connectivity index (χ0v) is 17.3. The third-order valence-corrected chi connectivity index (χ3v) is 4.81. The lowest BCUT2D eigenvalue weighted by Gasteiger charge is -2.10. The summed E-state index contributed by atoms with van der Waals surface area (Å²) in [4.78, 5) is 25.9. The van der Waals surface area contributed by atoms with Crippen LogP contribution in [0.15, 0.2) is 71.1 Å². The number of benzene rings is 3. The zero-order valence-electron chi connectivity index (χ0n) is 17.3. The number of carbonyl (C=O) groups is 2. The van der Waals surface area contributed by atoms with E-state index in [-0.39, 0.29) is 22.7 Å². The Morgan fingerprint density at radius 2 is 1.56 bits per heavy atom. The molecule has 162 valence electrons. The molecular formula is C24H19FN2O5. The molecule has 0 bridgehead atoms. The number of hydrogen-bond donors (Lipinski definition) is 2. The van der Waals surface area contributed by atoms with E-state index in [1.165, 1.54) is 38.5 Å². The highest BCUT2D eigenvalue weighted by atomic mass is 19.1. The molecule has 4 aromatic rings. The summed E-state index contributed by atoms with van der Waals surface area (Å²) >= 11 is 0. The lowest BCUT2D eigenvalue weighted by atomic mass is 10.1. The molecular weight excluding hydrogens is 415 g/mol. The Bertz CT molecular complexity index is 1310. The third-order valence-electron chi connectivity index (χ3n) is 4.81. The first kappa shape index (κ1) is 20.9. The van der Waals surface area contributed by atoms with Crippen molar-refractivity contribution in [2.24, 2.45) is 0 Å². The van der Waals surface area contributed by atoms with Gasteiger partial charge in [0.2, 0.25) is 5.76 Å². The number of fused-ring (bicyclic) bond motifs is 1. The van der Waals surface area contributed by atoms with Gasteiger partial charge < -0.3 is 24.5 Å². The van der Waals surface area contributed by atoms with Gasteiger partial charge in [-0.2, -0.15) is 0 Å². The maximum Gasteiger partial charge on any atom is 0.293 e. The highest BCUT2D eigenvalue weighted by Crippen LogP contribution is 2.33. The van der Waals surface area contributed by atoms with E-state index in [9.17, 15) is 14.0 Å². The Morgan fingerprint density at radius 3 is 2.31 bits per heavy atom. The smallest absolute Gasteiger partial charge is 0.293 e. The van der Waals surface area contributed by atoms with Crippen LogP contribution in [0, 0.1) is 5.82 Å². The lowest BCUT2D eigenvalue weighted by molar-refractivity contribution is 0.0999. The van der Waals surface area contributed by atoms with E-state index < -0.39 is 17.6 Å². The van der Waals surface area contributed by atoms with Crippen LogP contribution in [0.5, 0.6) is 11.5 Å². The number of ether oxygens (including phenoxy) is 2. The third kappa shape index (κ3) is 3.98. The van der Waals surface area contributed by atoms with E-state index in [2.05, 4.69) is 10.6 Å². The number of halogens is 1. The molecule has 0 spiro atoms. The van der Waals surface area contributed by atoms with Gasteiger partial charge in [0.15, 0.2) is 11.5 Å². The standard InChI is InChI=1S/C24H19FN2O5/c1-30-19-12-11-14(13-20(19)31-2)23(28)27-21-15-7-3-6-10-18(15)32-22(21)24(29)26-17-9-5-4-8-16(17)25/h3-13H,1-2H3,(H,26,29)(H,27,28). The van der Waals surface area contributed by atoms with Gasteiger partial charge >= 0.3 is 0 Å². The SMILES string of the molecule is COc1ccc(C(=O)Nc2c(C(=O)Nc3ccccc3F)oc3ccccc23)cc1OC. The van der Waals surface area contributed by atoms with E-state index in [0.717, 1.165) is 0 Å². The molecule has 8 heteroatoms. The van der Waals surface area contributed by atoms with Crippen molar-refractivity contribution in [3.8, 4) is 11.5 Å². The molecule has 3 aromatic carbocycles. The molecule has 0 aliphatic carbocycles. The van der Waals surface area contributed by atoms with Crippen molar-refractivity contribution in [3.05, 3.63) is 83.9 Å². The number of carbonyl (C=O) groups excluding carboxylic acids is 2. The van der Waals surface area contributed by atoms with Gasteiger partial charge in [0.05, 0.1) is 19.9 Å². The zero-order chi connectivity index (χ0) is 22.7. The highest BCUT2D eigenvalue weighted by molar-refractivity contribution is 6.17. The van der Waals surface area contributed by atoms with Crippen LogP contribution in [0.3, 0.4) is 0 Å². The fourth-order valence-electron chi connectivity index (χ4n) is 3.23. The quantitative estimate of drug-likeness (QED) is 0.441. The first-order valence-electron chi connectivity index (χ1n) is 9.62. The summed E-state index contributed by atoms with van der Waals surface area (Å²) in [7, 11) is 2.96. The average molecular weight is 434 g/mol. The lowest BCUT2D eigenvalue weighted by Crippen LogP contribution is -2.17. The fourth-order valence-corrected chi connectivity index (χ4v) is 3.23. The first-order chi connectivity index (χ1) is 15.5. The molecule has 1 heterocycles. The fraction of sp³-hybridized carbons (Fsp3) is 0.0833. The van der Waals surface area contributed by atoms with Gasteiger partial charge in [-0.3, -0.25) is 9.59 Å². The van der Waals surface area contributed by atoms with Crippen LogP contribution in [0.25, 0.3) is 11.0 Å². The van der Waals surface area contributed by atoms with Gasteiger partial charge in [-0.25, -0.2) is 4.39 Å². The van der Waals surface area contributed by atoms with E-state index >= 15 is 0 Å². The number of rotatable bonds is 6. The summed E-state index contributed by atoms with van der Waals surface area (Å²) in [5.74, 6) is -1.07. The van der Waals surface area contributed by atoms with Crippen LogP contribution in [-0.2, 0) is 0 Å². The molecule has 0 saturated carbocycles. The van der Waals surface area contributed by atoms with E-state index in [1.54, 1.807) is 42.5 Å². The average Bonchev–Trinajstić information content (AvgIpc) is 3.18. The van der Waals surface area contributed by atoms with Gasteiger partial charge in [0, 0.05) is 10.9 Å². The van der Waals surface area contributed by atoms with Crippen molar-refractivity contribution in [1.82, 2.24) is 0 Å². The summed E-state index contributed by atoms with van der Waals surface area (Å²) < 4.78 is 30.1. The van der Waals surface area contributed by atoms with Crippen molar-refractivity contribution < 1.29 is 27.9 Å². The van der Waals surface area contributed by atoms with Gasteiger partial charge in [0.25, 0.3) is 11.8 Å². The Labute approximate surface area is 182 Å². The van der Waals surface area contributed by atoms with Crippen LogP contribution in [0.4, 0.5) is 15.8 Å². The largest absolute Gasteiger partial charge is 0.493 e. The number of methoxy groups -OCH3 is 2. The molecule has 32 heavy (non-hydrogen) atoms. The predicted octanol–water partition coefficient (Wildman–Crippen LogP) is 5.09. The van der Waals surface area contributed by atoms with E-state index in [1.807, 2.05) is 0 Å². The predicted molar refractivity (Wildman–Crippen MR) is 118 cm³/mol. The van der Waals surface area contributed by atoms with Crippen LogP contribution in [-0.4, -0.2) is 26.0 Å². The van der Waals surface area contributed by atoms with Crippen LogP contribution in [0.1, 0.15) is 20.9 Å². The number of para-hydroxylation sites is 2. The minimum atomic E-state index is -0.700. The molecule has 0 aliphatic heterocycles. The van der Waals surface area contributed by atoms with Crippen molar-refractivity contribution in [3.63, 3.8) is 0 Å². The summed E-state index contributed by atoms with van der Waals surface area (Å²) in [5.41, 5.74) is 0.853. The maximum absolute atomic E-state index is 14.0. The molecule has 7 nitrogen and oxygen atoms in total. The van der Waals surface area contributed by atoms with Gasteiger partial charge in [-0.05, 0) is 42.5 Å². The van der Waals surface area contributed by atoms with E-state index in [0.29, 0.717) is 22.5 Å². The summed E-state index contributed by atoms with van der Waals surface area (Å²) in [6.07, 6.45) is 0. The molecule has 4 rings (SSSR count). The van der Waals surface area contributed by atoms with E-state index in [4.69, 9.17) is 13.9 Å². The minimum Gasteiger partial charge on any atom is -0.493 e. The minimum absolute atomic E-state index is 0.00452. The van der Waals surface area contributed by atoms with Crippen molar-refractivity contribution in [2.45, 2.75) is 0 Å². The summed E-state index contributed by atoms with van der Waals surface area (Å²) in [5, 5.41) is 5.74. The molecule has 1 aromatic heterocycles. The van der Waals surface area contributed by atoms with Gasteiger partial charge in [-0.15, -0.1) is 0 Å².